The van der Waals surface area contributed by atoms with Crippen molar-refractivity contribution in [3.05, 3.63) is 0 Å². The van der Waals surface area contributed by atoms with E-state index < -0.39 is 11.4 Å². The van der Waals surface area contributed by atoms with Crippen LogP contribution in [0, 0.1) is 16.7 Å². The average Bonchev–Trinajstić information content (AvgIpc) is 3.14. The number of rotatable bonds is 6. The molecule has 2 fully saturated rings. The Morgan fingerprint density at radius 1 is 1.35 bits per heavy atom. The molecule has 0 bridgehead atoms. The number of carbonyl (C=O) groups excluding carboxylic acids is 1. The van der Waals surface area contributed by atoms with Crippen molar-refractivity contribution in [2.75, 3.05) is 13.1 Å². The number of aliphatic carboxylic acids is 1. The minimum Gasteiger partial charge on any atom is -0.481 e. The second-order valence-corrected chi connectivity index (χ2v) is 5.78. The van der Waals surface area contributed by atoms with Crippen LogP contribution in [0.1, 0.15) is 44.9 Å². The molecule has 0 heterocycles. The van der Waals surface area contributed by atoms with Gasteiger partial charge in [-0.15, -0.1) is 0 Å². The summed E-state index contributed by atoms with van der Waals surface area (Å²) in [5.74, 6) is -0.815. The van der Waals surface area contributed by atoms with Gasteiger partial charge in [-0.2, -0.15) is 5.26 Å². The van der Waals surface area contributed by atoms with E-state index in [1.807, 2.05) is 6.07 Å². The maximum atomic E-state index is 12.2. The predicted octanol–water partition coefficient (Wildman–Crippen LogP) is 1.72. The Hall–Kier alpha value is -1.77. The molecule has 0 saturated heterocycles. The number of nitrogens with one attached hydrogen (secondary N) is 1. The first kappa shape index (κ1) is 14.6. The van der Waals surface area contributed by atoms with Crippen molar-refractivity contribution in [3.63, 3.8) is 0 Å². The number of nitrogens with zero attached hydrogens (tertiary/aromatic N) is 2. The highest BCUT2D eigenvalue weighted by molar-refractivity contribution is 5.78. The predicted molar refractivity (Wildman–Crippen MR) is 71.9 cm³/mol. The van der Waals surface area contributed by atoms with Gasteiger partial charge in [-0.25, -0.2) is 4.79 Å². The topological polar surface area (TPSA) is 93.4 Å². The van der Waals surface area contributed by atoms with E-state index in [0.29, 0.717) is 25.8 Å². The highest BCUT2D eigenvalue weighted by atomic mass is 16.4. The van der Waals surface area contributed by atoms with E-state index in [4.69, 9.17) is 5.26 Å². The molecule has 6 heteroatoms. The molecule has 0 aromatic carbocycles. The summed E-state index contributed by atoms with van der Waals surface area (Å²) < 4.78 is 0. The summed E-state index contributed by atoms with van der Waals surface area (Å²) in [6, 6.07) is 2.05. The molecular weight excluding hydrogens is 258 g/mol. The second-order valence-electron chi connectivity index (χ2n) is 5.78. The number of carboxylic acid groups (broad SMARTS) is 1. The van der Waals surface area contributed by atoms with Crippen molar-refractivity contribution >= 4 is 12.0 Å². The second kappa shape index (κ2) is 6.12. The highest BCUT2D eigenvalue weighted by Gasteiger charge is 2.42. The van der Waals surface area contributed by atoms with Gasteiger partial charge >= 0.3 is 12.0 Å². The molecule has 0 atom stereocenters. The number of urea groups is 1. The third-order valence-corrected chi connectivity index (χ3v) is 4.31. The number of hydrogen-bond acceptors (Lipinski definition) is 3. The van der Waals surface area contributed by atoms with Crippen LogP contribution in [0.2, 0.25) is 0 Å². The Labute approximate surface area is 118 Å². The van der Waals surface area contributed by atoms with Gasteiger partial charge in [0.25, 0.3) is 0 Å². The first-order valence-corrected chi connectivity index (χ1v) is 7.24. The molecule has 110 valence electrons. The Kier molecular flexibility index (Phi) is 4.48. The van der Waals surface area contributed by atoms with Crippen LogP contribution in [0.25, 0.3) is 0 Å². The fraction of sp³-hybridized carbons (Fsp3) is 0.786. The van der Waals surface area contributed by atoms with Gasteiger partial charge in [-0.1, -0.05) is 12.8 Å². The van der Waals surface area contributed by atoms with Crippen LogP contribution in [-0.4, -0.2) is 41.1 Å². The van der Waals surface area contributed by atoms with Crippen LogP contribution >= 0.6 is 0 Å². The molecule has 2 amide bonds. The fourth-order valence-electron chi connectivity index (χ4n) is 2.87. The van der Waals surface area contributed by atoms with Gasteiger partial charge in [-0.3, -0.25) is 4.79 Å². The van der Waals surface area contributed by atoms with Crippen LogP contribution in [0.15, 0.2) is 0 Å². The van der Waals surface area contributed by atoms with Crippen molar-refractivity contribution < 1.29 is 14.7 Å². The Morgan fingerprint density at radius 2 is 2.00 bits per heavy atom. The number of carboxylic acids is 1. The third kappa shape index (κ3) is 3.21. The zero-order chi connectivity index (χ0) is 14.6. The van der Waals surface area contributed by atoms with Crippen LogP contribution in [-0.2, 0) is 4.79 Å². The van der Waals surface area contributed by atoms with E-state index in [2.05, 4.69) is 5.32 Å². The lowest BCUT2D eigenvalue weighted by molar-refractivity contribution is -0.148. The standard InChI is InChI=1S/C14H21N3O3/c15-8-3-9-17(11-4-5-11)13(20)16-10-14(12(18)19)6-1-2-7-14/h11H,1-7,9-10H2,(H,16,20)(H,18,19). The number of hydrogen-bond donors (Lipinski definition) is 2. The molecule has 0 spiro atoms. The minimum atomic E-state index is -0.815. The maximum Gasteiger partial charge on any atom is 0.317 e. The summed E-state index contributed by atoms with van der Waals surface area (Å²) in [4.78, 5) is 25.3. The smallest absolute Gasteiger partial charge is 0.317 e. The molecule has 2 aliphatic carbocycles. The van der Waals surface area contributed by atoms with E-state index >= 15 is 0 Å². The molecule has 0 radical (unpaired) electrons. The molecule has 2 N–H and O–H groups in total. The lowest BCUT2D eigenvalue weighted by Gasteiger charge is -2.27. The van der Waals surface area contributed by atoms with Gasteiger partial charge in [0.15, 0.2) is 0 Å². The molecule has 6 nitrogen and oxygen atoms in total. The van der Waals surface area contributed by atoms with E-state index in [1.54, 1.807) is 4.90 Å². The van der Waals surface area contributed by atoms with Crippen molar-refractivity contribution in [2.45, 2.75) is 51.0 Å². The van der Waals surface area contributed by atoms with Gasteiger partial charge in [0, 0.05) is 19.1 Å². The molecule has 2 rings (SSSR count). The SMILES string of the molecule is N#CCCN(C(=O)NCC1(C(=O)O)CCCC1)C1CC1. The van der Waals surface area contributed by atoms with Crippen LogP contribution in [0.5, 0.6) is 0 Å². The van der Waals surface area contributed by atoms with Crippen molar-refractivity contribution in [3.8, 4) is 6.07 Å². The summed E-state index contributed by atoms with van der Waals surface area (Å²) in [5.41, 5.74) is -0.792. The molecule has 0 aromatic rings. The average molecular weight is 279 g/mol. The lowest BCUT2D eigenvalue weighted by atomic mass is 9.86. The number of carbonyl (C=O) groups is 2. The van der Waals surface area contributed by atoms with Crippen LogP contribution in [0.4, 0.5) is 4.79 Å². The maximum absolute atomic E-state index is 12.2. The molecule has 20 heavy (non-hydrogen) atoms. The van der Waals surface area contributed by atoms with Gasteiger partial charge in [0.1, 0.15) is 0 Å². The van der Waals surface area contributed by atoms with Gasteiger partial charge in [-0.05, 0) is 25.7 Å². The minimum absolute atomic E-state index is 0.191. The molecule has 0 unspecified atom stereocenters. The third-order valence-electron chi connectivity index (χ3n) is 4.31. The number of nitriles is 1. The largest absolute Gasteiger partial charge is 0.481 e. The molecule has 0 aliphatic heterocycles. The van der Waals surface area contributed by atoms with E-state index in [9.17, 15) is 14.7 Å². The van der Waals surface area contributed by atoms with Crippen molar-refractivity contribution in [1.82, 2.24) is 10.2 Å². The van der Waals surface area contributed by atoms with Gasteiger partial charge < -0.3 is 15.3 Å². The van der Waals surface area contributed by atoms with Gasteiger partial charge in [0.05, 0.1) is 17.9 Å². The summed E-state index contributed by atoms with van der Waals surface area (Å²) in [6.45, 7) is 0.615. The summed E-state index contributed by atoms with van der Waals surface area (Å²) in [5, 5.41) is 20.8. The highest BCUT2D eigenvalue weighted by Crippen LogP contribution is 2.38. The van der Waals surface area contributed by atoms with Crippen molar-refractivity contribution in [1.29, 1.82) is 5.26 Å². The summed E-state index contributed by atoms with van der Waals surface area (Å²) >= 11 is 0. The quantitative estimate of drug-likeness (QED) is 0.774. The van der Waals surface area contributed by atoms with Gasteiger partial charge in [0.2, 0.25) is 0 Å². The fourth-order valence-corrected chi connectivity index (χ4v) is 2.87. The lowest BCUT2D eigenvalue weighted by Crippen LogP contribution is -2.47. The zero-order valence-corrected chi connectivity index (χ0v) is 11.6. The van der Waals surface area contributed by atoms with E-state index in [1.165, 1.54) is 0 Å². The van der Waals surface area contributed by atoms with Crippen molar-refractivity contribution in [2.24, 2.45) is 5.41 Å². The number of amides is 2. The Morgan fingerprint density at radius 3 is 2.50 bits per heavy atom. The molecule has 2 aliphatic rings. The summed E-state index contributed by atoms with van der Waals surface area (Å²) in [7, 11) is 0. The molecular formula is C14H21N3O3. The van der Waals surface area contributed by atoms with E-state index in [-0.39, 0.29) is 18.6 Å². The first-order chi connectivity index (χ1) is 9.59. The summed E-state index contributed by atoms with van der Waals surface area (Å²) in [6.07, 6.45) is 5.33. The van der Waals surface area contributed by atoms with Crippen LogP contribution < -0.4 is 5.32 Å². The van der Waals surface area contributed by atoms with E-state index in [0.717, 1.165) is 25.7 Å². The normalized spacial score (nSPS) is 20.1. The Balaban J connectivity index is 1.89. The molecule has 0 aromatic heterocycles. The zero-order valence-electron chi connectivity index (χ0n) is 11.6. The molecule has 2 saturated carbocycles. The van der Waals surface area contributed by atoms with Crippen LogP contribution in [0.3, 0.4) is 0 Å². The monoisotopic (exact) mass is 279 g/mol. The Bertz CT molecular complexity index is 420. The first-order valence-electron chi connectivity index (χ1n) is 7.24.